The number of benzene rings is 1. The maximum atomic E-state index is 13.7. The van der Waals surface area contributed by atoms with E-state index in [4.69, 9.17) is 4.74 Å². The number of aryl methyl sites for hydroxylation is 1. The van der Waals surface area contributed by atoms with Crippen LogP contribution in [0.25, 0.3) is 0 Å². The third-order valence-electron chi connectivity index (χ3n) is 3.59. The van der Waals surface area contributed by atoms with Crippen molar-refractivity contribution >= 4 is 5.69 Å². The summed E-state index contributed by atoms with van der Waals surface area (Å²) in [6.07, 6.45) is 1.63. The minimum Gasteiger partial charge on any atom is -0.389 e. The van der Waals surface area contributed by atoms with E-state index in [0.717, 1.165) is 25.1 Å². The molecule has 1 atom stereocenters. The Hall–Kier alpha value is -1.13. The Bertz CT molecular complexity index is 444. The van der Waals surface area contributed by atoms with E-state index in [1.54, 1.807) is 21.0 Å². The molecule has 0 radical (unpaired) electrons. The second-order valence-electron chi connectivity index (χ2n) is 5.25. The Morgan fingerprint density at radius 3 is 2.68 bits per heavy atom. The van der Waals surface area contributed by atoms with E-state index in [0.29, 0.717) is 23.8 Å². The fourth-order valence-corrected chi connectivity index (χ4v) is 2.34. The Balaban J connectivity index is 2.36. The van der Waals surface area contributed by atoms with E-state index in [-0.39, 0.29) is 5.82 Å². The molecule has 1 N–H and O–H groups in total. The van der Waals surface area contributed by atoms with Crippen molar-refractivity contribution in [3.05, 3.63) is 29.1 Å². The molecule has 1 aliphatic rings. The Morgan fingerprint density at radius 2 is 2.16 bits per heavy atom. The number of anilines is 1. The van der Waals surface area contributed by atoms with Crippen LogP contribution < -0.4 is 4.90 Å². The highest BCUT2D eigenvalue weighted by Gasteiger charge is 2.31. The van der Waals surface area contributed by atoms with Crippen LogP contribution in [0.2, 0.25) is 0 Å². The first-order valence-electron chi connectivity index (χ1n) is 6.78. The number of nitrogens with zero attached hydrogens (tertiary/aromatic N) is 1. The number of rotatable bonds is 6. The second kappa shape index (κ2) is 5.88. The van der Waals surface area contributed by atoms with E-state index in [9.17, 15) is 9.50 Å². The number of methoxy groups -OCH3 is 1. The van der Waals surface area contributed by atoms with Crippen LogP contribution in [0.3, 0.4) is 0 Å². The molecule has 19 heavy (non-hydrogen) atoms. The molecule has 1 aromatic rings. The van der Waals surface area contributed by atoms with Gasteiger partial charge in [0.05, 0.1) is 12.7 Å². The van der Waals surface area contributed by atoms with Gasteiger partial charge in [-0.15, -0.1) is 0 Å². The van der Waals surface area contributed by atoms with Gasteiger partial charge in [-0.2, -0.15) is 0 Å². The van der Waals surface area contributed by atoms with Gasteiger partial charge < -0.3 is 14.7 Å². The number of halogens is 1. The molecule has 0 bridgehead atoms. The lowest BCUT2D eigenvalue weighted by Crippen LogP contribution is -2.30. The maximum Gasteiger partial charge on any atom is 0.126 e. The monoisotopic (exact) mass is 267 g/mol. The topological polar surface area (TPSA) is 32.7 Å². The fourth-order valence-electron chi connectivity index (χ4n) is 2.34. The Kier molecular flexibility index (Phi) is 4.42. The molecule has 0 amide bonds. The smallest absolute Gasteiger partial charge is 0.126 e. The lowest BCUT2D eigenvalue weighted by Gasteiger charge is -2.28. The summed E-state index contributed by atoms with van der Waals surface area (Å²) in [6, 6.07) is 3.79. The zero-order valence-electron chi connectivity index (χ0n) is 11.8. The molecule has 0 saturated heterocycles. The third-order valence-corrected chi connectivity index (χ3v) is 3.59. The van der Waals surface area contributed by atoms with Gasteiger partial charge in [-0.1, -0.05) is 0 Å². The molecule has 106 valence electrons. The van der Waals surface area contributed by atoms with Crippen molar-refractivity contribution in [2.24, 2.45) is 0 Å². The summed E-state index contributed by atoms with van der Waals surface area (Å²) in [7, 11) is 1.68. The largest absolute Gasteiger partial charge is 0.389 e. The molecule has 1 aliphatic carbocycles. The van der Waals surface area contributed by atoms with Crippen LogP contribution in [-0.2, 0) is 4.74 Å². The zero-order chi connectivity index (χ0) is 14.0. The van der Waals surface area contributed by atoms with E-state index in [1.807, 2.05) is 6.07 Å². The van der Waals surface area contributed by atoms with Crippen LogP contribution in [0.15, 0.2) is 12.1 Å². The van der Waals surface area contributed by atoms with Gasteiger partial charge in [0.1, 0.15) is 5.82 Å². The average Bonchev–Trinajstić information content (AvgIpc) is 3.17. The normalized spacial score (nSPS) is 16.5. The van der Waals surface area contributed by atoms with Crippen molar-refractivity contribution in [2.45, 2.75) is 38.8 Å². The van der Waals surface area contributed by atoms with Gasteiger partial charge >= 0.3 is 0 Å². The van der Waals surface area contributed by atoms with Crippen LogP contribution in [0.4, 0.5) is 10.1 Å². The van der Waals surface area contributed by atoms with Crippen molar-refractivity contribution in [3.63, 3.8) is 0 Å². The zero-order valence-corrected chi connectivity index (χ0v) is 11.8. The SMILES string of the molecule is COCCN(c1cc(C)c(F)cc1[C@@H](C)O)C1CC1. The van der Waals surface area contributed by atoms with Crippen LogP contribution in [0, 0.1) is 12.7 Å². The molecule has 4 heteroatoms. The van der Waals surface area contributed by atoms with Crippen molar-refractivity contribution in [1.82, 2.24) is 0 Å². The Morgan fingerprint density at radius 1 is 1.47 bits per heavy atom. The van der Waals surface area contributed by atoms with Crippen LogP contribution in [0.5, 0.6) is 0 Å². The fraction of sp³-hybridized carbons (Fsp3) is 0.600. The first kappa shape index (κ1) is 14.3. The highest BCUT2D eigenvalue weighted by molar-refractivity contribution is 5.58. The van der Waals surface area contributed by atoms with Crippen molar-refractivity contribution in [1.29, 1.82) is 0 Å². The van der Waals surface area contributed by atoms with Gasteiger partial charge in [-0.3, -0.25) is 0 Å². The molecule has 0 aromatic heterocycles. The van der Waals surface area contributed by atoms with Crippen molar-refractivity contribution < 1.29 is 14.2 Å². The van der Waals surface area contributed by atoms with Crippen molar-refractivity contribution in [3.8, 4) is 0 Å². The maximum absolute atomic E-state index is 13.7. The molecule has 3 nitrogen and oxygen atoms in total. The number of aliphatic hydroxyl groups excluding tert-OH is 1. The first-order chi connectivity index (χ1) is 9.04. The summed E-state index contributed by atoms with van der Waals surface area (Å²) in [6.45, 7) is 4.83. The quantitative estimate of drug-likeness (QED) is 0.860. The highest BCUT2D eigenvalue weighted by atomic mass is 19.1. The molecule has 1 fully saturated rings. The molecular formula is C15H22FNO2. The molecular weight excluding hydrogens is 245 g/mol. The second-order valence-corrected chi connectivity index (χ2v) is 5.25. The van der Waals surface area contributed by atoms with Gasteiger partial charge in [0, 0.05) is 30.9 Å². The van der Waals surface area contributed by atoms with Crippen LogP contribution in [0.1, 0.15) is 37.0 Å². The molecule has 0 spiro atoms. The summed E-state index contributed by atoms with van der Waals surface area (Å²) in [5.74, 6) is -0.262. The summed E-state index contributed by atoms with van der Waals surface area (Å²) in [5.41, 5.74) is 2.21. The molecule has 0 aliphatic heterocycles. The lowest BCUT2D eigenvalue weighted by atomic mass is 10.0. The first-order valence-corrected chi connectivity index (χ1v) is 6.78. The highest BCUT2D eigenvalue weighted by Crippen LogP contribution is 2.36. The number of ether oxygens (including phenoxy) is 1. The minimum atomic E-state index is -0.672. The van der Waals surface area contributed by atoms with Crippen LogP contribution >= 0.6 is 0 Å². The standard InChI is InChI=1S/C15H22FNO2/c1-10-8-15(13(11(2)18)9-14(10)16)17(6-7-19-3)12-4-5-12/h8-9,11-12,18H,4-7H2,1-3H3/t11-/m1/s1. The van der Waals surface area contributed by atoms with E-state index >= 15 is 0 Å². The van der Waals surface area contributed by atoms with Gasteiger partial charge in [0.25, 0.3) is 0 Å². The molecule has 1 aromatic carbocycles. The molecule has 0 heterocycles. The predicted octanol–water partition coefficient (Wildman–Crippen LogP) is 2.80. The summed E-state index contributed by atoms with van der Waals surface area (Å²) in [5, 5.41) is 9.87. The number of aliphatic hydroxyl groups is 1. The van der Waals surface area contributed by atoms with Gasteiger partial charge in [-0.25, -0.2) is 4.39 Å². The number of hydrogen-bond acceptors (Lipinski definition) is 3. The van der Waals surface area contributed by atoms with Crippen molar-refractivity contribution in [2.75, 3.05) is 25.2 Å². The van der Waals surface area contributed by atoms with E-state index in [2.05, 4.69) is 4.90 Å². The van der Waals surface area contributed by atoms with Gasteiger partial charge in [0.2, 0.25) is 0 Å². The third kappa shape index (κ3) is 3.25. The molecule has 0 unspecified atom stereocenters. The summed E-state index contributed by atoms with van der Waals surface area (Å²) >= 11 is 0. The lowest BCUT2D eigenvalue weighted by molar-refractivity contribution is 0.196. The van der Waals surface area contributed by atoms with Gasteiger partial charge in [-0.05, 0) is 44.4 Å². The Labute approximate surface area is 114 Å². The number of hydrogen-bond donors (Lipinski definition) is 1. The average molecular weight is 267 g/mol. The van der Waals surface area contributed by atoms with Crippen LogP contribution in [-0.4, -0.2) is 31.4 Å². The van der Waals surface area contributed by atoms with E-state index in [1.165, 1.54) is 6.07 Å². The minimum absolute atomic E-state index is 0.262. The molecule has 2 rings (SSSR count). The van der Waals surface area contributed by atoms with Gasteiger partial charge in [0.15, 0.2) is 0 Å². The van der Waals surface area contributed by atoms with E-state index < -0.39 is 6.10 Å². The summed E-state index contributed by atoms with van der Waals surface area (Å²) in [4.78, 5) is 2.23. The predicted molar refractivity (Wildman–Crippen MR) is 74.0 cm³/mol. The summed E-state index contributed by atoms with van der Waals surface area (Å²) < 4.78 is 18.8. The molecule has 1 saturated carbocycles.